The van der Waals surface area contributed by atoms with E-state index in [9.17, 15) is 9.59 Å². The molecule has 6 nitrogen and oxygen atoms in total. The van der Waals surface area contributed by atoms with E-state index in [0.29, 0.717) is 23.1 Å². The third-order valence-electron chi connectivity index (χ3n) is 3.84. The molecule has 1 unspecified atom stereocenters. The molecule has 114 valence electrons. The number of hydrogen-bond donors (Lipinski definition) is 1. The maximum absolute atomic E-state index is 12.4. The molecule has 23 heavy (non-hydrogen) atoms. The Bertz CT molecular complexity index is 939. The lowest BCUT2D eigenvalue weighted by Crippen LogP contribution is -2.40. The molecule has 1 aliphatic rings. The number of carbonyl (C=O) groups excluding carboxylic acids is 1. The van der Waals surface area contributed by atoms with Crippen molar-refractivity contribution in [3.8, 4) is 5.75 Å². The topological polar surface area (TPSA) is 73.2 Å². The zero-order valence-corrected chi connectivity index (χ0v) is 12.1. The molecule has 1 N–H and O–H groups in total. The van der Waals surface area contributed by atoms with Crippen molar-refractivity contribution >= 4 is 16.8 Å². The van der Waals surface area contributed by atoms with Gasteiger partial charge < -0.3 is 4.74 Å². The van der Waals surface area contributed by atoms with E-state index in [2.05, 4.69) is 10.4 Å². The van der Waals surface area contributed by atoms with Crippen molar-refractivity contribution in [1.82, 2.24) is 9.66 Å². The molecule has 2 aromatic carbocycles. The number of rotatable bonds is 2. The second kappa shape index (κ2) is 5.24. The van der Waals surface area contributed by atoms with Crippen LogP contribution in [0.4, 0.5) is 0 Å². The minimum atomic E-state index is -0.647. The number of para-hydroxylation sites is 2. The molecule has 2 heterocycles. The summed E-state index contributed by atoms with van der Waals surface area (Å²) in [6.07, 6.45) is 1.15. The summed E-state index contributed by atoms with van der Waals surface area (Å²) in [4.78, 5) is 28.9. The molecule has 0 spiro atoms. The Morgan fingerprint density at radius 2 is 1.96 bits per heavy atom. The molecule has 0 saturated carbocycles. The third-order valence-corrected chi connectivity index (χ3v) is 3.84. The number of nitrogens with one attached hydrogen (secondary N) is 1. The number of nitrogens with zero attached hydrogens (tertiary/aromatic N) is 2. The number of aromatic nitrogens is 2. The zero-order valence-electron chi connectivity index (χ0n) is 12.1. The van der Waals surface area contributed by atoms with Crippen LogP contribution in [0.5, 0.6) is 5.75 Å². The fourth-order valence-corrected chi connectivity index (χ4v) is 2.67. The van der Waals surface area contributed by atoms with E-state index in [0.717, 1.165) is 10.2 Å². The highest BCUT2D eigenvalue weighted by Gasteiger charge is 2.29. The number of amides is 1. The lowest BCUT2D eigenvalue weighted by molar-refractivity contribution is -0.123. The summed E-state index contributed by atoms with van der Waals surface area (Å²) in [5.74, 6) is 0.331. The standard InChI is InChI=1S/C17H13N3O3/c21-16(15-9-11-5-1-4-8-14(11)23-15)19-20-10-18-13-7-3-2-6-12(13)17(20)22/h1-8,10,15H,9H2,(H,19,21). The first kappa shape index (κ1) is 13.5. The van der Waals surface area contributed by atoms with Crippen LogP contribution >= 0.6 is 0 Å². The summed E-state index contributed by atoms with van der Waals surface area (Å²) < 4.78 is 6.71. The second-order valence-corrected chi connectivity index (χ2v) is 5.33. The molecule has 0 saturated heterocycles. The van der Waals surface area contributed by atoms with Gasteiger partial charge in [-0.15, -0.1) is 0 Å². The summed E-state index contributed by atoms with van der Waals surface area (Å²) in [7, 11) is 0. The lowest BCUT2D eigenvalue weighted by atomic mass is 10.1. The SMILES string of the molecule is O=C(Nn1cnc2ccccc2c1=O)C1Cc2ccccc2O1. The van der Waals surface area contributed by atoms with Gasteiger partial charge in [0.15, 0.2) is 6.10 Å². The van der Waals surface area contributed by atoms with Crippen molar-refractivity contribution in [2.75, 3.05) is 5.43 Å². The van der Waals surface area contributed by atoms with Gasteiger partial charge in [-0.2, -0.15) is 0 Å². The fraction of sp³-hybridized carbons (Fsp3) is 0.118. The molecule has 1 aliphatic heterocycles. The van der Waals surface area contributed by atoms with Gasteiger partial charge >= 0.3 is 0 Å². The van der Waals surface area contributed by atoms with Crippen LogP contribution in [0.2, 0.25) is 0 Å². The highest BCUT2D eigenvalue weighted by molar-refractivity contribution is 5.89. The molecule has 4 rings (SSSR count). The summed E-state index contributed by atoms with van der Waals surface area (Å²) >= 11 is 0. The van der Waals surface area contributed by atoms with E-state index >= 15 is 0 Å². The van der Waals surface area contributed by atoms with Crippen LogP contribution in [0.15, 0.2) is 59.7 Å². The molecule has 0 radical (unpaired) electrons. The summed E-state index contributed by atoms with van der Waals surface area (Å²) in [6.45, 7) is 0. The van der Waals surface area contributed by atoms with Crippen LogP contribution < -0.4 is 15.7 Å². The Morgan fingerprint density at radius 1 is 1.17 bits per heavy atom. The van der Waals surface area contributed by atoms with Crippen LogP contribution in [-0.4, -0.2) is 21.7 Å². The molecule has 0 fully saturated rings. The molecule has 0 bridgehead atoms. The first-order valence-corrected chi connectivity index (χ1v) is 7.24. The number of benzene rings is 2. The average molecular weight is 307 g/mol. The Kier molecular flexibility index (Phi) is 3.08. The van der Waals surface area contributed by atoms with Gasteiger partial charge in [0.2, 0.25) is 0 Å². The summed E-state index contributed by atoms with van der Waals surface area (Å²) in [6, 6.07) is 14.5. The molecule has 1 aromatic heterocycles. The lowest BCUT2D eigenvalue weighted by Gasteiger charge is -2.12. The Balaban J connectivity index is 1.58. The third kappa shape index (κ3) is 2.34. The fourth-order valence-electron chi connectivity index (χ4n) is 2.67. The largest absolute Gasteiger partial charge is 0.480 e. The van der Waals surface area contributed by atoms with Crippen molar-refractivity contribution < 1.29 is 9.53 Å². The van der Waals surface area contributed by atoms with E-state index in [-0.39, 0.29) is 11.5 Å². The van der Waals surface area contributed by atoms with Gasteiger partial charge in [-0.3, -0.25) is 15.0 Å². The molecular weight excluding hydrogens is 294 g/mol. The smallest absolute Gasteiger partial charge is 0.280 e. The monoisotopic (exact) mass is 307 g/mol. The summed E-state index contributed by atoms with van der Waals surface area (Å²) in [5.41, 5.74) is 3.81. The van der Waals surface area contributed by atoms with Crippen molar-refractivity contribution in [1.29, 1.82) is 0 Å². The van der Waals surface area contributed by atoms with E-state index in [1.807, 2.05) is 24.3 Å². The predicted molar refractivity (Wildman–Crippen MR) is 84.9 cm³/mol. The number of fused-ring (bicyclic) bond motifs is 2. The quantitative estimate of drug-likeness (QED) is 0.778. The van der Waals surface area contributed by atoms with Crippen LogP contribution in [0.1, 0.15) is 5.56 Å². The highest BCUT2D eigenvalue weighted by atomic mass is 16.5. The van der Waals surface area contributed by atoms with Gasteiger partial charge in [-0.25, -0.2) is 9.66 Å². The highest BCUT2D eigenvalue weighted by Crippen LogP contribution is 2.28. The molecule has 6 heteroatoms. The Hall–Kier alpha value is -3.15. The van der Waals surface area contributed by atoms with Gasteiger partial charge in [0, 0.05) is 6.42 Å². The van der Waals surface area contributed by atoms with E-state index in [1.54, 1.807) is 24.3 Å². The zero-order chi connectivity index (χ0) is 15.8. The molecule has 0 aliphatic carbocycles. The van der Waals surface area contributed by atoms with Crippen molar-refractivity contribution in [2.24, 2.45) is 0 Å². The molecule has 3 aromatic rings. The first-order chi connectivity index (χ1) is 11.2. The van der Waals surface area contributed by atoms with Gasteiger partial charge in [-0.1, -0.05) is 30.3 Å². The van der Waals surface area contributed by atoms with Crippen LogP contribution in [0.3, 0.4) is 0 Å². The minimum Gasteiger partial charge on any atom is -0.480 e. The van der Waals surface area contributed by atoms with E-state index in [1.165, 1.54) is 6.33 Å². The second-order valence-electron chi connectivity index (χ2n) is 5.33. The van der Waals surface area contributed by atoms with Crippen molar-refractivity contribution in [3.63, 3.8) is 0 Å². The maximum atomic E-state index is 12.4. The van der Waals surface area contributed by atoms with Gasteiger partial charge in [0.05, 0.1) is 10.9 Å². The number of hydrogen-bond acceptors (Lipinski definition) is 4. The van der Waals surface area contributed by atoms with Gasteiger partial charge in [0.1, 0.15) is 12.1 Å². The molecular formula is C17H13N3O3. The number of ether oxygens (including phenoxy) is 1. The maximum Gasteiger partial charge on any atom is 0.280 e. The normalized spacial score (nSPS) is 15.9. The van der Waals surface area contributed by atoms with Gasteiger partial charge in [0.25, 0.3) is 11.5 Å². The van der Waals surface area contributed by atoms with Gasteiger partial charge in [-0.05, 0) is 23.8 Å². The van der Waals surface area contributed by atoms with E-state index in [4.69, 9.17) is 4.74 Å². The van der Waals surface area contributed by atoms with Crippen molar-refractivity contribution in [2.45, 2.75) is 12.5 Å². The predicted octanol–water partition coefficient (Wildman–Crippen LogP) is 1.47. The Morgan fingerprint density at radius 3 is 2.83 bits per heavy atom. The summed E-state index contributed by atoms with van der Waals surface area (Å²) in [5, 5.41) is 0.450. The van der Waals surface area contributed by atoms with Crippen LogP contribution in [0, 0.1) is 0 Å². The number of carbonyl (C=O) groups is 1. The van der Waals surface area contributed by atoms with Crippen molar-refractivity contribution in [3.05, 3.63) is 70.8 Å². The minimum absolute atomic E-state index is 0.320. The molecule has 1 atom stereocenters. The van der Waals surface area contributed by atoms with Crippen LogP contribution in [-0.2, 0) is 11.2 Å². The van der Waals surface area contributed by atoms with Crippen LogP contribution in [0.25, 0.3) is 10.9 Å². The Labute approximate surface area is 131 Å². The molecule has 1 amide bonds. The first-order valence-electron chi connectivity index (χ1n) is 7.24. The van der Waals surface area contributed by atoms with E-state index < -0.39 is 6.10 Å². The average Bonchev–Trinajstić information content (AvgIpc) is 3.02.